The summed E-state index contributed by atoms with van der Waals surface area (Å²) in [6.45, 7) is 2.83. The fourth-order valence-electron chi connectivity index (χ4n) is 3.19. The molecule has 0 spiro atoms. The first-order valence-corrected chi connectivity index (χ1v) is 7.71. The number of fused-ring (bicyclic) bond motifs is 3. The molecule has 1 aliphatic heterocycles. The van der Waals surface area contributed by atoms with Crippen LogP contribution in [0.1, 0.15) is 22.3 Å². The van der Waals surface area contributed by atoms with E-state index in [1.165, 1.54) is 33.0 Å². The van der Waals surface area contributed by atoms with Gasteiger partial charge in [0.1, 0.15) is 12.4 Å². The monoisotopic (exact) mass is 286 g/mol. The van der Waals surface area contributed by atoms with Crippen LogP contribution in [0.2, 0.25) is 0 Å². The van der Waals surface area contributed by atoms with E-state index in [0.29, 0.717) is 6.61 Å². The fraction of sp³-hybridized carbons (Fsp3) is 0.143. The molecule has 0 N–H and O–H groups in total. The highest BCUT2D eigenvalue weighted by Crippen LogP contribution is 2.36. The Morgan fingerprint density at radius 2 is 1.77 bits per heavy atom. The van der Waals surface area contributed by atoms with Crippen molar-refractivity contribution in [1.29, 1.82) is 0 Å². The van der Waals surface area contributed by atoms with Gasteiger partial charge in [0, 0.05) is 12.0 Å². The summed E-state index contributed by atoms with van der Waals surface area (Å²) in [5.74, 6) is 1.05. The van der Waals surface area contributed by atoms with Crippen molar-refractivity contribution in [1.82, 2.24) is 0 Å². The van der Waals surface area contributed by atoms with E-state index in [9.17, 15) is 0 Å². The topological polar surface area (TPSA) is 9.23 Å². The van der Waals surface area contributed by atoms with Crippen LogP contribution in [-0.4, -0.2) is 6.61 Å². The number of benzene rings is 3. The smallest absolute Gasteiger partial charge is 0.131 e. The molecule has 3 aromatic rings. The van der Waals surface area contributed by atoms with Gasteiger partial charge >= 0.3 is 0 Å². The van der Waals surface area contributed by atoms with E-state index >= 15 is 0 Å². The van der Waals surface area contributed by atoms with Crippen LogP contribution in [-0.2, 0) is 6.42 Å². The minimum Gasteiger partial charge on any atom is -0.489 e. The van der Waals surface area contributed by atoms with Gasteiger partial charge in [0.05, 0.1) is 0 Å². The minimum absolute atomic E-state index is 0.659. The Morgan fingerprint density at radius 3 is 2.68 bits per heavy atom. The number of ether oxygens (including phenoxy) is 1. The van der Waals surface area contributed by atoms with Crippen LogP contribution in [0.25, 0.3) is 16.8 Å². The van der Waals surface area contributed by atoms with Crippen molar-refractivity contribution in [2.75, 3.05) is 6.61 Å². The molecular formula is C21H18O. The molecule has 1 nitrogen and oxygen atoms in total. The van der Waals surface area contributed by atoms with Gasteiger partial charge in [0.2, 0.25) is 0 Å². The van der Waals surface area contributed by atoms with Gasteiger partial charge in [-0.1, -0.05) is 54.6 Å². The van der Waals surface area contributed by atoms with E-state index < -0.39 is 0 Å². The largest absolute Gasteiger partial charge is 0.489 e. The third-order valence-corrected chi connectivity index (χ3v) is 4.37. The third-order valence-electron chi connectivity index (χ3n) is 4.37. The summed E-state index contributed by atoms with van der Waals surface area (Å²) in [4.78, 5) is 0. The SMILES string of the molecule is Cc1ccccc1Cc1cc2ccccc2c2c1OCC=C2. The van der Waals surface area contributed by atoms with Crippen LogP contribution in [0.3, 0.4) is 0 Å². The zero-order valence-corrected chi connectivity index (χ0v) is 12.7. The number of hydrogen-bond acceptors (Lipinski definition) is 1. The van der Waals surface area contributed by atoms with E-state index in [0.717, 1.165) is 12.2 Å². The van der Waals surface area contributed by atoms with Crippen molar-refractivity contribution in [2.45, 2.75) is 13.3 Å². The van der Waals surface area contributed by atoms with Crippen molar-refractivity contribution in [3.05, 3.63) is 82.9 Å². The second-order valence-corrected chi connectivity index (χ2v) is 5.82. The molecule has 1 heteroatoms. The minimum atomic E-state index is 0.659. The molecule has 1 aliphatic rings. The maximum Gasteiger partial charge on any atom is 0.131 e. The summed E-state index contributed by atoms with van der Waals surface area (Å²) in [6, 6.07) is 19.4. The Kier molecular flexibility index (Phi) is 3.19. The zero-order chi connectivity index (χ0) is 14.9. The lowest BCUT2D eigenvalue weighted by atomic mass is 9.93. The van der Waals surface area contributed by atoms with E-state index in [4.69, 9.17) is 4.74 Å². The van der Waals surface area contributed by atoms with Crippen molar-refractivity contribution >= 4 is 16.8 Å². The highest BCUT2D eigenvalue weighted by atomic mass is 16.5. The van der Waals surface area contributed by atoms with Gasteiger partial charge in [0.15, 0.2) is 0 Å². The van der Waals surface area contributed by atoms with E-state index in [-0.39, 0.29) is 0 Å². The van der Waals surface area contributed by atoms with Crippen molar-refractivity contribution in [3.63, 3.8) is 0 Å². The molecular weight excluding hydrogens is 268 g/mol. The first-order chi connectivity index (χ1) is 10.8. The molecule has 0 amide bonds. The average molecular weight is 286 g/mol. The maximum atomic E-state index is 5.99. The Labute approximate surface area is 130 Å². The van der Waals surface area contributed by atoms with Gasteiger partial charge in [-0.05, 0) is 46.5 Å². The second-order valence-electron chi connectivity index (χ2n) is 5.82. The molecule has 3 aromatic carbocycles. The molecule has 0 unspecified atom stereocenters. The lowest BCUT2D eigenvalue weighted by Crippen LogP contribution is -2.05. The van der Waals surface area contributed by atoms with Crippen LogP contribution in [0.4, 0.5) is 0 Å². The van der Waals surface area contributed by atoms with Crippen LogP contribution < -0.4 is 4.74 Å². The van der Waals surface area contributed by atoms with Crippen molar-refractivity contribution < 1.29 is 4.74 Å². The summed E-state index contributed by atoms with van der Waals surface area (Å²) in [5, 5.41) is 2.54. The van der Waals surface area contributed by atoms with E-state index in [1.807, 2.05) is 0 Å². The Bertz CT molecular complexity index is 874. The summed E-state index contributed by atoms with van der Waals surface area (Å²) in [7, 11) is 0. The van der Waals surface area contributed by atoms with Crippen LogP contribution in [0, 0.1) is 6.92 Å². The Balaban J connectivity index is 1.91. The highest BCUT2D eigenvalue weighted by molar-refractivity contribution is 5.94. The molecule has 1 heterocycles. The van der Waals surface area contributed by atoms with Gasteiger partial charge in [-0.25, -0.2) is 0 Å². The molecule has 0 saturated heterocycles. The highest BCUT2D eigenvalue weighted by Gasteiger charge is 2.16. The molecule has 0 atom stereocenters. The molecule has 108 valence electrons. The molecule has 0 bridgehead atoms. The van der Waals surface area contributed by atoms with E-state index in [2.05, 4.69) is 73.7 Å². The van der Waals surface area contributed by atoms with Crippen LogP contribution in [0.15, 0.2) is 60.7 Å². The van der Waals surface area contributed by atoms with Gasteiger partial charge in [-0.2, -0.15) is 0 Å². The number of rotatable bonds is 2. The zero-order valence-electron chi connectivity index (χ0n) is 12.7. The van der Waals surface area contributed by atoms with Crippen molar-refractivity contribution in [3.8, 4) is 5.75 Å². The molecule has 0 aromatic heterocycles. The lowest BCUT2D eigenvalue weighted by Gasteiger charge is -2.19. The summed E-state index contributed by atoms with van der Waals surface area (Å²) < 4.78 is 5.99. The van der Waals surface area contributed by atoms with Gasteiger partial charge in [-0.15, -0.1) is 0 Å². The first-order valence-electron chi connectivity index (χ1n) is 7.71. The standard InChI is InChI=1S/C21H18O/c1-15-7-2-3-8-16(15)13-18-14-17-9-4-5-10-19(17)20-11-6-12-22-21(18)20/h2-11,14H,12-13H2,1H3. The fourth-order valence-corrected chi connectivity index (χ4v) is 3.19. The summed E-state index contributed by atoms with van der Waals surface area (Å²) in [6.07, 6.45) is 5.20. The Morgan fingerprint density at radius 1 is 0.955 bits per heavy atom. The predicted octanol–water partition coefficient (Wildman–Crippen LogP) is 5.14. The summed E-state index contributed by atoms with van der Waals surface area (Å²) >= 11 is 0. The third kappa shape index (κ3) is 2.19. The number of hydrogen-bond donors (Lipinski definition) is 0. The Hall–Kier alpha value is -2.54. The number of aryl methyl sites for hydroxylation is 1. The maximum absolute atomic E-state index is 5.99. The van der Waals surface area contributed by atoms with Crippen molar-refractivity contribution in [2.24, 2.45) is 0 Å². The second kappa shape index (κ2) is 5.34. The van der Waals surface area contributed by atoms with Crippen LogP contribution >= 0.6 is 0 Å². The van der Waals surface area contributed by atoms with Gasteiger partial charge < -0.3 is 4.74 Å². The first kappa shape index (κ1) is 13.1. The molecule has 0 aliphatic carbocycles. The van der Waals surface area contributed by atoms with Gasteiger partial charge in [0.25, 0.3) is 0 Å². The summed E-state index contributed by atoms with van der Waals surface area (Å²) in [5.41, 5.74) is 5.18. The molecule has 0 radical (unpaired) electrons. The molecule has 0 fully saturated rings. The quantitative estimate of drug-likeness (QED) is 0.633. The molecule has 22 heavy (non-hydrogen) atoms. The lowest BCUT2D eigenvalue weighted by molar-refractivity contribution is 0.356. The van der Waals surface area contributed by atoms with Gasteiger partial charge in [-0.3, -0.25) is 0 Å². The normalized spacial score (nSPS) is 13.0. The van der Waals surface area contributed by atoms with Crippen LogP contribution in [0.5, 0.6) is 5.75 Å². The average Bonchev–Trinajstić information content (AvgIpc) is 2.57. The molecule has 4 rings (SSSR count). The van der Waals surface area contributed by atoms with E-state index in [1.54, 1.807) is 0 Å². The predicted molar refractivity (Wildman–Crippen MR) is 92.5 cm³/mol. The molecule has 0 saturated carbocycles.